The standard InChI is InChI=1S/C16H24N2O4/c1-11(2)6-5-7-12(3)17-16(19)14-10-13(18(20)21)8-9-15(14)22-4/h8-12H,5-7H2,1-4H3,(H,17,19). The molecule has 6 nitrogen and oxygen atoms in total. The van der Waals surface area contributed by atoms with E-state index in [0.29, 0.717) is 11.7 Å². The first kappa shape index (κ1) is 17.9. The van der Waals surface area contributed by atoms with Gasteiger partial charge in [0.25, 0.3) is 11.6 Å². The van der Waals surface area contributed by atoms with Crippen molar-refractivity contribution in [3.63, 3.8) is 0 Å². The largest absolute Gasteiger partial charge is 0.496 e. The Balaban J connectivity index is 2.75. The summed E-state index contributed by atoms with van der Waals surface area (Å²) in [5, 5.41) is 13.7. The van der Waals surface area contributed by atoms with Crippen molar-refractivity contribution in [1.29, 1.82) is 0 Å². The molecule has 0 saturated carbocycles. The second kappa shape index (κ2) is 8.36. The molecule has 0 radical (unpaired) electrons. The zero-order chi connectivity index (χ0) is 16.7. The second-order valence-electron chi connectivity index (χ2n) is 5.84. The molecule has 6 heteroatoms. The maximum atomic E-state index is 12.3. The van der Waals surface area contributed by atoms with Gasteiger partial charge in [0.1, 0.15) is 5.75 Å². The topological polar surface area (TPSA) is 81.5 Å². The fraction of sp³-hybridized carbons (Fsp3) is 0.562. The van der Waals surface area contributed by atoms with Gasteiger partial charge < -0.3 is 10.1 Å². The molecule has 1 aromatic carbocycles. The normalized spacial score (nSPS) is 12.0. The van der Waals surface area contributed by atoms with E-state index < -0.39 is 4.92 Å². The third kappa shape index (κ3) is 5.35. The molecule has 1 atom stereocenters. The minimum Gasteiger partial charge on any atom is -0.496 e. The van der Waals surface area contributed by atoms with Crippen LogP contribution in [0.15, 0.2) is 18.2 Å². The summed E-state index contributed by atoms with van der Waals surface area (Å²) in [6.07, 6.45) is 3.02. The second-order valence-corrected chi connectivity index (χ2v) is 5.84. The summed E-state index contributed by atoms with van der Waals surface area (Å²) in [5.41, 5.74) is 0.0609. The van der Waals surface area contributed by atoms with E-state index in [4.69, 9.17) is 4.74 Å². The Bertz CT molecular complexity index is 529. The fourth-order valence-corrected chi connectivity index (χ4v) is 2.19. The van der Waals surface area contributed by atoms with Gasteiger partial charge in [0, 0.05) is 18.2 Å². The number of nitro benzene ring substituents is 1. The highest BCUT2D eigenvalue weighted by Crippen LogP contribution is 2.24. The summed E-state index contributed by atoms with van der Waals surface area (Å²) in [5.74, 6) is 0.620. The van der Waals surface area contributed by atoms with Gasteiger partial charge in [-0.25, -0.2) is 0 Å². The number of hydrogen-bond acceptors (Lipinski definition) is 4. The molecule has 0 spiro atoms. The number of ether oxygens (including phenoxy) is 1. The molecule has 0 bridgehead atoms. The lowest BCUT2D eigenvalue weighted by molar-refractivity contribution is -0.384. The van der Waals surface area contributed by atoms with E-state index in [1.54, 1.807) is 0 Å². The van der Waals surface area contributed by atoms with E-state index in [9.17, 15) is 14.9 Å². The van der Waals surface area contributed by atoms with Crippen molar-refractivity contribution in [2.75, 3.05) is 7.11 Å². The minimum atomic E-state index is -0.526. The summed E-state index contributed by atoms with van der Waals surface area (Å²) < 4.78 is 5.11. The summed E-state index contributed by atoms with van der Waals surface area (Å²) in [6.45, 7) is 6.26. The number of methoxy groups -OCH3 is 1. The van der Waals surface area contributed by atoms with Gasteiger partial charge in [0.05, 0.1) is 17.6 Å². The van der Waals surface area contributed by atoms with Crippen molar-refractivity contribution in [3.05, 3.63) is 33.9 Å². The van der Waals surface area contributed by atoms with Crippen molar-refractivity contribution in [2.24, 2.45) is 5.92 Å². The highest BCUT2D eigenvalue weighted by molar-refractivity contribution is 5.97. The molecule has 0 aromatic heterocycles. The molecule has 0 saturated heterocycles. The molecule has 0 fully saturated rings. The zero-order valence-electron chi connectivity index (χ0n) is 13.6. The molecule has 1 rings (SSSR count). The zero-order valence-corrected chi connectivity index (χ0v) is 13.6. The van der Waals surface area contributed by atoms with Crippen LogP contribution in [-0.2, 0) is 0 Å². The van der Waals surface area contributed by atoms with E-state index in [0.717, 1.165) is 19.3 Å². The number of nitro groups is 1. The van der Waals surface area contributed by atoms with Crippen LogP contribution in [0.5, 0.6) is 5.75 Å². The Kier molecular flexibility index (Phi) is 6.82. The van der Waals surface area contributed by atoms with Crippen molar-refractivity contribution in [1.82, 2.24) is 5.32 Å². The van der Waals surface area contributed by atoms with Gasteiger partial charge in [-0.3, -0.25) is 14.9 Å². The van der Waals surface area contributed by atoms with Gasteiger partial charge in [0.2, 0.25) is 0 Å². The number of nitrogens with one attached hydrogen (secondary N) is 1. The van der Waals surface area contributed by atoms with Crippen LogP contribution in [-0.4, -0.2) is 24.0 Å². The Hall–Kier alpha value is -2.11. The maximum Gasteiger partial charge on any atom is 0.270 e. The molecular weight excluding hydrogens is 284 g/mol. The van der Waals surface area contributed by atoms with Gasteiger partial charge >= 0.3 is 0 Å². The summed E-state index contributed by atoms with van der Waals surface area (Å²) in [6, 6.07) is 4.02. The van der Waals surface area contributed by atoms with Crippen LogP contribution in [0.2, 0.25) is 0 Å². The molecule has 22 heavy (non-hydrogen) atoms. The highest BCUT2D eigenvalue weighted by atomic mass is 16.6. The van der Waals surface area contributed by atoms with Gasteiger partial charge in [-0.05, 0) is 25.3 Å². The molecule has 0 aliphatic heterocycles. The van der Waals surface area contributed by atoms with Gasteiger partial charge in [-0.2, -0.15) is 0 Å². The summed E-state index contributed by atoms with van der Waals surface area (Å²) in [7, 11) is 1.43. The number of amides is 1. The molecule has 1 N–H and O–H groups in total. The van der Waals surface area contributed by atoms with Gasteiger partial charge in [0.15, 0.2) is 0 Å². The Labute approximate surface area is 131 Å². The first-order chi connectivity index (χ1) is 10.3. The molecule has 1 unspecified atom stereocenters. The van der Waals surface area contributed by atoms with E-state index >= 15 is 0 Å². The van der Waals surface area contributed by atoms with Crippen LogP contribution in [0.4, 0.5) is 5.69 Å². The number of non-ortho nitro benzene ring substituents is 1. The average Bonchev–Trinajstić information content (AvgIpc) is 2.45. The van der Waals surface area contributed by atoms with Crippen LogP contribution in [0.3, 0.4) is 0 Å². The Morgan fingerprint density at radius 2 is 2.00 bits per heavy atom. The monoisotopic (exact) mass is 308 g/mol. The first-order valence-corrected chi connectivity index (χ1v) is 7.48. The SMILES string of the molecule is COc1ccc([N+](=O)[O-])cc1C(=O)NC(C)CCCC(C)C. The van der Waals surface area contributed by atoms with Crippen molar-refractivity contribution >= 4 is 11.6 Å². The predicted octanol–water partition coefficient (Wildman–Crippen LogP) is 3.55. The van der Waals surface area contributed by atoms with E-state index in [1.165, 1.54) is 25.3 Å². The Morgan fingerprint density at radius 3 is 2.55 bits per heavy atom. The molecule has 1 amide bonds. The van der Waals surface area contributed by atoms with Crippen LogP contribution in [0.25, 0.3) is 0 Å². The Morgan fingerprint density at radius 1 is 1.32 bits per heavy atom. The van der Waals surface area contributed by atoms with E-state index in [2.05, 4.69) is 19.2 Å². The van der Waals surface area contributed by atoms with Crippen molar-refractivity contribution < 1.29 is 14.5 Å². The lowest BCUT2D eigenvalue weighted by atomic mass is 10.0. The summed E-state index contributed by atoms with van der Waals surface area (Å²) in [4.78, 5) is 22.6. The first-order valence-electron chi connectivity index (χ1n) is 7.48. The number of benzene rings is 1. The lowest BCUT2D eigenvalue weighted by Crippen LogP contribution is -2.32. The average molecular weight is 308 g/mol. The molecular formula is C16H24N2O4. The maximum absolute atomic E-state index is 12.3. The molecule has 1 aromatic rings. The van der Waals surface area contributed by atoms with E-state index in [1.807, 2.05) is 6.92 Å². The third-order valence-electron chi connectivity index (χ3n) is 3.43. The highest BCUT2D eigenvalue weighted by Gasteiger charge is 2.18. The van der Waals surface area contributed by atoms with Gasteiger partial charge in [-0.1, -0.05) is 26.7 Å². The van der Waals surface area contributed by atoms with Crippen LogP contribution in [0, 0.1) is 16.0 Å². The van der Waals surface area contributed by atoms with Crippen LogP contribution in [0.1, 0.15) is 50.4 Å². The number of hydrogen-bond donors (Lipinski definition) is 1. The molecule has 0 aliphatic rings. The lowest BCUT2D eigenvalue weighted by Gasteiger charge is -2.15. The fourth-order valence-electron chi connectivity index (χ4n) is 2.19. The number of carbonyl (C=O) groups is 1. The predicted molar refractivity (Wildman–Crippen MR) is 85.3 cm³/mol. The number of carbonyl (C=O) groups excluding carboxylic acids is 1. The van der Waals surface area contributed by atoms with Crippen molar-refractivity contribution in [2.45, 2.75) is 46.1 Å². The van der Waals surface area contributed by atoms with Crippen LogP contribution < -0.4 is 10.1 Å². The van der Waals surface area contributed by atoms with Crippen LogP contribution >= 0.6 is 0 Å². The molecule has 0 aliphatic carbocycles. The molecule has 122 valence electrons. The summed E-state index contributed by atoms with van der Waals surface area (Å²) >= 11 is 0. The quantitative estimate of drug-likeness (QED) is 0.588. The van der Waals surface area contributed by atoms with Crippen molar-refractivity contribution in [3.8, 4) is 5.75 Å². The smallest absolute Gasteiger partial charge is 0.270 e. The third-order valence-corrected chi connectivity index (χ3v) is 3.43. The number of rotatable bonds is 8. The minimum absolute atomic E-state index is 0.00946. The van der Waals surface area contributed by atoms with Gasteiger partial charge in [-0.15, -0.1) is 0 Å². The molecule has 0 heterocycles. The van der Waals surface area contributed by atoms with E-state index in [-0.39, 0.29) is 23.2 Å². The number of nitrogens with zero attached hydrogens (tertiary/aromatic N) is 1.